The van der Waals surface area contributed by atoms with Crippen LogP contribution in [0.1, 0.15) is 19.3 Å². The highest BCUT2D eigenvalue weighted by Gasteiger charge is 2.32. The van der Waals surface area contributed by atoms with Gasteiger partial charge in [0.15, 0.2) is 4.90 Å². The molecule has 0 spiro atoms. The summed E-state index contributed by atoms with van der Waals surface area (Å²) in [4.78, 5) is 9.87. The Balaban J connectivity index is 2.26. The Hall–Kier alpha value is -1.71. The molecule has 3 N–H and O–H groups in total. The fraction of sp³-hybridized carbons (Fsp3) is 0.500. The number of rotatable bonds is 5. The first-order valence-electron chi connectivity index (χ1n) is 6.42. The number of sulfonamides is 1. The van der Waals surface area contributed by atoms with E-state index in [2.05, 4.69) is 4.72 Å². The van der Waals surface area contributed by atoms with E-state index >= 15 is 0 Å². The number of benzene rings is 1. The standard InChI is InChI=1S/C12H17N3O5S/c1-20-10-4-3-9(7-10)14-21(18,19)12-5-2-8(13)6-11(12)15(16)17/h2,5-6,9-10,14H,3-4,7,13H2,1H3. The van der Waals surface area contributed by atoms with E-state index in [1.165, 1.54) is 6.07 Å². The number of hydrogen-bond donors (Lipinski definition) is 2. The Bertz CT molecular complexity index is 646. The average Bonchev–Trinajstić information content (AvgIpc) is 2.85. The number of nitro benzene ring substituents is 1. The molecule has 0 saturated heterocycles. The maximum absolute atomic E-state index is 12.3. The van der Waals surface area contributed by atoms with Crippen LogP contribution in [0.5, 0.6) is 0 Å². The lowest BCUT2D eigenvalue weighted by molar-refractivity contribution is -0.387. The lowest BCUT2D eigenvalue weighted by Crippen LogP contribution is -2.33. The molecule has 1 aromatic carbocycles. The zero-order valence-corrected chi connectivity index (χ0v) is 12.3. The van der Waals surface area contributed by atoms with E-state index in [1.807, 2.05) is 0 Å². The van der Waals surface area contributed by atoms with Crippen molar-refractivity contribution in [2.75, 3.05) is 12.8 Å². The predicted octanol–water partition coefficient (Wildman–Crippen LogP) is 1.02. The van der Waals surface area contributed by atoms with Gasteiger partial charge >= 0.3 is 0 Å². The molecule has 116 valence electrons. The van der Waals surface area contributed by atoms with Crippen LogP contribution >= 0.6 is 0 Å². The molecule has 0 radical (unpaired) electrons. The van der Waals surface area contributed by atoms with Crippen LogP contribution in [0.25, 0.3) is 0 Å². The first kappa shape index (κ1) is 15.7. The molecule has 1 aliphatic rings. The van der Waals surface area contributed by atoms with Crippen molar-refractivity contribution < 1.29 is 18.1 Å². The molecule has 9 heteroatoms. The number of nitrogen functional groups attached to an aromatic ring is 1. The molecule has 2 rings (SSSR count). The molecule has 1 saturated carbocycles. The van der Waals surface area contributed by atoms with E-state index in [0.717, 1.165) is 18.6 Å². The molecule has 0 heterocycles. The molecule has 2 unspecified atom stereocenters. The minimum atomic E-state index is -3.97. The normalized spacial score (nSPS) is 22.3. The summed E-state index contributed by atoms with van der Waals surface area (Å²) in [7, 11) is -2.39. The lowest BCUT2D eigenvalue weighted by atomic mass is 10.3. The van der Waals surface area contributed by atoms with Crippen molar-refractivity contribution in [2.24, 2.45) is 0 Å². The van der Waals surface area contributed by atoms with E-state index in [0.29, 0.717) is 12.8 Å². The van der Waals surface area contributed by atoms with Crippen LogP contribution in [0.2, 0.25) is 0 Å². The molecule has 0 aliphatic heterocycles. The summed E-state index contributed by atoms with van der Waals surface area (Å²) in [6.45, 7) is 0. The third kappa shape index (κ3) is 3.49. The summed E-state index contributed by atoms with van der Waals surface area (Å²) in [5.41, 5.74) is 5.09. The molecule has 0 aromatic heterocycles. The van der Waals surface area contributed by atoms with Crippen LogP contribution in [0.3, 0.4) is 0 Å². The van der Waals surface area contributed by atoms with Gasteiger partial charge in [-0.1, -0.05) is 0 Å². The Morgan fingerprint density at radius 1 is 1.43 bits per heavy atom. The Kier molecular flexibility index (Phi) is 4.45. The first-order chi connectivity index (χ1) is 9.83. The number of ether oxygens (including phenoxy) is 1. The smallest absolute Gasteiger partial charge is 0.291 e. The summed E-state index contributed by atoms with van der Waals surface area (Å²) in [6.07, 6.45) is 1.96. The van der Waals surface area contributed by atoms with Crippen LogP contribution in [0, 0.1) is 10.1 Å². The van der Waals surface area contributed by atoms with E-state index in [9.17, 15) is 18.5 Å². The Morgan fingerprint density at radius 2 is 2.14 bits per heavy atom. The topological polar surface area (TPSA) is 125 Å². The van der Waals surface area contributed by atoms with Crippen LogP contribution in [-0.2, 0) is 14.8 Å². The van der Waals surface area contributed by atoms with Gasteiger partial charge in [-0.25, -0.2) is 13.1 Å². The second kappa shape index (κ2) is 5.96. The van der Waals surface area contributed by atoms with Gasteiger partial charge in [0.2, 0.25) is 10.0 Å². The van der Waals surface area contributed by atoms with Crippen LogP contribution in [-0.4, -0.2) is 32.6 Å². The number of nitrogens with zero attached hydrogens (tertiary/aromatic N) is 1. The molecule has 1 aliphatic carbocycles. The number of nitrogens with one attached hydrogen (secondary N) is 1. The van der Waals surface area contributed by atoms with Crippen LogP contribution in [0.15, 0.2) is 23.1 Å². The van der Waals surface area contributed by atoms with Gasteiger partial charge in [0.05, 0.1) is 11.0 Å². The SMILES string of the molecule is COC1CCC(NS(=O)(=O)c2ccc(N)cc2[N+](=O)[O-])C1. The Labute approximate surface area is 122 Å². The van der Waals surface area contributed by atoms with Crippen molar-refractivity contribution in [1.29, 1.82) is 0 Å². The highest BCUT2D eigenvalue weighted by atomic mass is 32.2. The summed E-state index contributed by atoms with van der Waals surface area (Å²) in [5.74, 6) is 0. The molecular weight excluding hydrogens is 298 g/mol. The summed E-state index contributed by atoms with van der Waals surface area (Å²) >= 11 is 0. The molecule has 1 fully saturated rings. The van der Waals surface area contributed by atoms with Crippen LogP contribution in [0.4, 0.5) is 11.4 Å². The zero-order valence-electron chi connectivity index (χ0n) is 11.5. The fourth-order valence-electron chi connectivity index (χ4n) is 2.45. The van der Waals surface area contributed by atoms with Crippen LogP contribution < -0.4 is 10.5 Å². The highest BCUT2D eigenvalue weighted by molar-refractivity contribution is 7.89. The van der Waals surface area contributed by atoms with Crippen molar-refractivity contribution in [2.45, 2.75) is 36.3 Å². The monoisotopic (exact) mass is 315 g/mol. The Morgan fingerprint density at radius 3 is 2.71 bits per heavy atom. The molecule has 1 aromatic rings. The number of anilines is 1. The van der Waals surface area contributed by atoms with Gasteiger partial charge in [-0.2, -0.15) is 0 Å². The molecular formula is C12H17N3O5S. The van der Waals surface area contributed by atoms with E-state index < -0.39 is 20.6 Å². The maximum Gasteiger partial charge on any atom is 0.291 e. The van der Waals surface area contributed by atoms with Gasteiger partial charge in [-0.15, -0.1) is 0 Å². The van der Waals surface area contributed by atoms with Gasteiger partial charge < -0.3 is 10.5 Å². The van der Waals surface area contributed by atoms with E-state index in [4.69, 9.17) is 10.5 Å². The zero-order chi connectivity index (χ0) is 15.6. The molecule has 2 atom stereocenters. The first-order valence-corrected chi connectivity index (χ1v) is 7.91. The van der Waals surface area contributed by atoms with Gasteiger partial charge in [0.1, 0.15) is 0 Å². The minimum absolute atomic E-state index is 0.0131. The maximum atomic E-state index is 12.3. The second-order valence-electron chi connectivity index (χ2n) is 4.97. The average molecular weight is 315 g/mol. The number of nitro groups is 1. The van der Waals surface area contributed by atoms with Gasteiger partial charge in [0.25, 0.3) is 5.69 Å². The largest absolute Gasteiger partial charge is 0.399 e. The summed E-state index contributed by atoms with van der Waals surface area (Å²) < 4.78 is 32.3. The third-order valence-electron chi connectivity index (χ3n) is 3.51. The van der Waals surface area contributed by atoms with Crippen molar-refractivity contribution in [1.82, 2.24) is 4.72 Å². The number of nitrogens with two attached hydrogens (primary N) is 1. The molecule has 8 nitrogen and oxygen atoms in total. The van der Waals surface area contributed by atoms with Crippen molar-refractivity contribution >= 4 is 21.4 Å². The summed E-state index contributed by atoms with van der Waals surface area (Å²) in [5, 5.41) is 11.0. The van der Waals surface area contributed by atoms with Gasteiger partial charge in [-0.05, 0) is 31.4 Å². The van der Waals surface area contributed by atoms with Crippen molar-refractivity contribution in [3.8, 4) is 0 Å². The number of hydrogen-bond acceptors (Lipinski definition) is 6. The van der Waals surface area contributed by atoms with Crippen molar-refractivity contribution in [3.05, 3.63) is 28.3 Å². The molecule has 0 bridgehead atoms. The summed E-state index contributed by atoms with van der Waals surface area (Å²) in [6, 6.07) is 3.24. The third-order valence-corrected chi connectivity index (χ3v) is 5.08. The minimum Gasteiger partial charge on any atom is -0.399 e. The second-order valence-corrected chi connectivity index (χ2v) is 6.66. The van der Waals surface area contributed by atoms with E-state index in [1.54, 1.807) is 7.11 Å². The predicted molar refractivity (Wildman–Crippen MR) is 76.3 cm³/mol. The number of methoxy groups -OCH3 is 1. The fourth-order valence-corrected chi connectivity index (χ4v) is 3.88. The molecule has 21 heavy (non-hydrogen) atoms. The highest BCUT2D eigenvalue weighted by Crippen LogP contribution is 2.28. The van der Waals surface area contributed by atoms with Crippen molar-refractivity contribution in [3.63, 3.8) is 0 Å². The van der Waals surface area contributed by atoms with Gasteiger partial charge in [0, 0.05) is 24.9 Å². The molecule has 0 amide bonds. The van der Waals surface area contributed by atoms with E-state index in [-0.39, 0.29) is 22.7 Å². The van der Waals surface area contributed by atoms with Gasteiger partial charge in [-0.3, -0.25) is 10.1 Å². The lowest BCUT2D eigenvalue weighted by Gasteiger charge is -2.13. The quantitative estimate of drug-likeness (QED) is 0.475.